The Kier molecular flexibility index (Phi) is 5.36. The smallest absolute Gasteiger partial charge is 0.185 e. The summed E-state index contributed by atoms with van der Waals surface area (Å²) in [7, 11) is 0. The standard InChI is InChI=1S/C14H21N3O/c1-10-6-3-4-7-12(10)11(2)13(18)8-5-9-17-14(15)16/h3-4,6-7,11H,5,8-9H2,1-2H3,(H4,15,16,17). The fraction of sp³-hybridized carbons (Fsp3) is 0.429. The first-order valence-corrected chi connectivity index (χ1v) is 6.18. The third-order valence-corrected chi connectivity index (χ3v) is 3.05. The van der Waals surface area contributed by atoms with Crippen molar-refractivity contribution in [2.75, 3.05) is 6.54 Å². The molecule has 18 heavy (non-hydrogen) atoms. The molecule has 0 aliphatic carbocycles. The van der Waals surface area contributed by atoms with Crippen molar-refractivity contribution in [3.05, 3.63) is 35.4 Å². The molecule has 4 heteroatoms. The Hall–Kier alpha value is -1.84. The summed E-state index contributed by atoms with van der Waals surface area (Å²) in [4.78, 5) is 12.0. The number of rotatable bonds is 6. The van der Waals surface area contributed by atoms with E-state index in [1.807, 2.05) is 38.1 Å². The number of hydrogen-bond donors (Lipinski definition) is 3. The summed E-state index contributed by atoms with van der Waals surface area (Å²) in [6, 6.07) is 7.97. The predicted molar refractivity (Wildman–Crippen MR) is 73.8 cm³/mol. The molecule has 0 saturated heterocycles. The first kappa shape index (κ1) is 14.2. The van der Waals surface area contributed by atoms with Gasteiger partial charge in [-0.25, -0.2) is 0 Å². The normalized spacial score (nSPS) is 11.9. The van der Waals surface area contributed by atoms with Gasteiger partial charge in [-0.2, -0.15) is 0 Å². The fourth-order valence-electron chi connectivity index (χ4n) is 1.95. The van der Waals surface area contributed by atoms with E-state index in [0.717, 1.165) is 11.1 Å². The lowest BCUT2D eigenvalue weighted by Gasteiger charge is -2.13. The second kappa shape index (κ2) is 6.79. The van der Waals surface area contributed by atoms with Gasteiger partial charge in [0.05, 0.1) is 0 Å². The van der Waals surface area contributed by atoms with Crippen molar-refractivity contribution in [2.24, 2.45) is 5.73 Å². The maximum absolute atomic E-state index is 12.0. The van der Waals surface area contributed by atoms with E-state index in [2.05, 4.69) is 5.32 Å². The van der Waals surface area contributed by atoms with E-state index in [4.69, 9.17) is 11.1 Å². The summed E-state index contributed by atoms with van der Waals surface area (Å²) < 4.78 is 0. The molecule has 0 fully saturated rings. The van der Waals surface area contributed by atoms with Crippen molar-refractivity contribution in [3.63, 3.8) is 0 Å². The number of nitrogens with one attached hydrogen (secondary N) is 2. The number of benzene rings is 1. The molecule has 0 heterocycles. The minimum Gasteiger partial charge on any atom is -0.370 e. The van der Waals surface area contributed by atoms with Gasteiger partial charge in [0, 0.05) is 18.9 Å². The summed E-state index contributed by atoms with van der Waals surface area (Å²) in [5.74, 6) is 0.118. The molecule has 1 unspecified atom stereocenters. The van der Waals surface area contributed by atoms with Crippen LogP contribution in [0.1, 0.15) is 36.8 Å². The highest BCUT2D eigenvalue weighted by atomic mass is 16.1. The van der Waals surface area contributed by atoms with Crippen LogP contribution in [0.15, 0.2) is 24.3 Å². The van der Waals surface area contributed by atoms with Gasteiger partial charge in [0.1, 0.15) is 5.78 Å². The molecule has 1 aromatic rings. The maximum atomic E-state index is 12.0. The summed E-state index contributed by atoms with van der Waals surface area (Å²) in [5, 5.41) is 9.71. The molecule has 0 radical (unpaired) electrons. The number of hydrogen-bond acceptors (Lipinski definition) is 2. The van der Waals surface area contributed by atoms with E-state index in [9.17, 15) is 4.79 Å². The van der Waals surface area contributed by atoms with Gasteiger partial charge >= 0.3 is 0 Å². The number of ketones is 1. The first-order chi connectivity index (χ1) is 8.52. The number of carbonyl (C=O) groups is 1. The van der Waals surface area contributed by atoms with Gasteiger partial charge in [-0.15, -0.1) is 0 Å². The molecule has 1 atom stereocenters. The Labute approximate surface area is 108 Å². The van der Waals surface area contributed by atoms with Crippen LogP contribution >= 0.6 is 0 Å². The van der Waals surface area contributed by atoms with Crippen molar-refractivity contribution in [3.8, 4) is 0 Å². The highest BCUT2D eigenvalue weighted by Gasteiger charge is 2.15. The van der Waals surface area contributed by atoms with Gasteiger partial charge in [-0.1, -0.05) is 31.2 Å². The van der Waals surface area contributed by atoms with Crippen molar-refractivity contribution >= 4 is 11.7 Å². The Bertz CT molecular complexity index is 429. The second-order valence-corrected chi connectivity index (χ2v) is 4.49. The lowest BCUT2D eigenvalue weighted by atomic mass is 9.91. The summed E-state index contributed by atoms with van der Waals surface area (Å²) in [6.07, 6.45) is 1.21. The van der Waals surface area contributed by atoms with Crippen molar-refractivity contribution in [2.45, 2.75) is 32.6 Å². The van der Waals surface area contributed by atoms with Crippen molar-refractivity contribution in [1.29, 1.82) is 5.41 Å². The van der Waals surface area contributed by atoms with E-state index in [0.29, 0.717) is 19.4 Å². The van der Waals surface area contributed by atoms with E-state index in [-0.39, 0.29) is 17.7 Å². The topological polar surface area (TPSA) is 79.0 Å². The number of nitrogens with two attached hydrogens (primary N) is 1. The van der Waals surface area contributed by atoms with E-state index < -0.39 is 0 Å². The predicted octanol–water partition coefficient (Wildman–Crippen LogP) is 1.93. The van der Waals surface area contributed by atoms with Crippen molar-refractivity contribution < 1.29 is 4.79 Å². The van der Waals surface area contributed by atoms with Crippen LogP contribution < -0.4 is 11.1 Å². The van der Waals surface area contributed by atoms with Crippen molar-refractivity contribution in [1.82, 2.24) is 5.32 Å². The molecule has 0 aromatic heterocycles. The Morgan fingerprint density at radius 3 is 2.72 bits per heavy atom. The summed E-state index contributed by atoms with van der Waals surface area (Å²) >= 11 is 0. The molecule has 4 nitrogen and oxygen atoms in total. The van der Waals surface area contributed by atoms with Crippen LogP contribution in [0.2, 0.25) is 0 Å². The lowest BCUT2D eigenvalue weighted by molar-refractivity contribution is -0.120. The van der Waals surface area contributed by atoms with Crippen LogP contribution in [-0.2, 0) is 4.79 Å². The maximum Gasteiger partial charge on any atom is 0.185 e. The second-order valence-electron chi connectivity index (χ2n) is 4.49. The molecule has 1 rings (SSSR count). The molecule has 0 aliphatic heterocycles. The lowest BCUT2D eigenvalue weighted by Crippen LogP contribution is -2.31. The molecule has 0 bridgehead atoms. The monoisotopic (exact) mass is 247 g/mol. The highest BCUT2D eigenvalue weighted by Crippen LogP contribution is 2.21. The Morgan fingerprint density at radius 1 is 1.44 bits per heavy atom. The quantitative estimate of drug-likeness (QED) is 0.408. The number of aryl methyl sites for hydroxylation is 1. The molecular weight excluding hydrogens is 226 g/mol. The molecule has 4 N–H and O–H groups in total. The molecule has 98 valence electrons. The SMILES string of the molecule is Cc1ccccc1C(C)C(=O)CCCNC(=N)N. The van der Waals surface area contributed by atoms with Gasteiger partial charge in [0.15, 0.2) is 5.96 Å². The van der Waals surface area contributed by atoms with Gasteiger partial charge < -0.3 is 11.1 Å². The fourth-order valence-corrected chi connectivity index (χ4v) is 1.95. The molecule has 0 aliphatic rings. The Balaban J connectivity index is 2.47. The average Bonchev–Trinajstić information content (AvgIpc) is 2.34. The zero-order valence-electron chi connectivity index (χ0n) is 11.0. The average molecular weight is 247 g/mol. The minimum atomic E-state index is -0.0662. The van der Waals surface area contributed by atoms with Crippen LogP contribution in [0, 0.1) is 12.3 Å². The largest absolute Gasteiger partial charge is 0.370 e. The minimum absolute atomic E-state index is 0.0469. The number of guanidine groups is 1. The van der Waals surface area contributed by atoms with Crippen LogP contribution in [-0.4, -0.2) is 18.3 Å². The third-order valence-electron chi connectivity index (χ3n) is 3.05. The van der Waals surface area contributed by atoms with Gasteiger partial charge in [-0.05, 0) is 24.5 Å². The first-order valence-electron chi connectivity index (χ1n) is 6.18. The van der Waals surface area contributed by atoms with Crippen LogP contribution in [0.3, 0.4) is 0 Å². The van der Waals surface area contributed by atoms with E-state index in [1.54, 1.807) is 0 Å². The summed E-state index contributed by atoms with van der Waals surface area (Å²) in [5.41, 5.74) is 7.42. The van der Waals surface area contributed by atoms with Gasteiger partial charge in [0.2, 0.25) is 0 Å². The van der Waals surface area contributed by atoms with Crippen LogP contribution in [0.25, 0.3) is 0 Å². The van der Waals surface area contributed by atoms with Crippen LogP contribution in [0.5, 0.6) is 0 Å². The summed E-state index contributed by atoms with van der Waals surface area (Å²) in [6.45, 7) is 4.54. The van der Waals surface area contributed by atoms with Gasteiger partial charge in [-0.3, -0.25) is 10.2 Å². The zero-order valence-corrected chi connectivity index (χ0v) is 11.0. The Morgan fingerprint density at radius 2 is 2.11 bits per heavy atom. The molecule has 1 aromatic carbocycles. The third kappa shape index (κ3) is 4.20. The zero-order chi connectivity index (χ0) is 13.5. The highest BCUT2D eigenvalue weighted by molar-refractivity contribution is 5.85. The van der Waals surface area contributed by atoms with E-state index >= 15 is 0 Å². The number of carbonyl (C=O) groups excluding carboxylic acids is 1. The molecule has 0 spiro atoms. The van der Waals surface area contributed by atoms with E-state index in [1.165, 1.54) is 0 Å². The molecular formula is C14H21N3O. The van der Waals surface area contributed by atoms with Gasteiger partial charge in [0.25, 0.3) is 0 Å². The molecule has 0 amide bonds. The molecule has 0 saturated carbocycles. The number of Topliss-reactive ketones (excluding diaryl/α,β-unsaturated/α-hetero) is 1. The van der Waals surface area contributed by atoms with Crippen LogP contribution in [0.4, 0.5) is 0 Å².